The van der Waals surface area contributed by atoms with Crippen LogP contribution in [0.3, 0.4) is 0 Å². The van der Waals surface area contributed by atoms with E-state index in [1.807, 2.05) is 0 Å². The Bertz CT molecular complexity index is 514. The van der Waals surface area contributed by atoms with E-state index in [1.165, 1.54) is 0 Å². The molecule has 0 amide bonds. The van der Waals surface area contributed by atoms with Crippen molar-refractivity contribution in [2.45, 2.75) is 13.3 Å². The topological polar surface area (TPSA) is 103 Å². The summed E-state index contributed by atoms with van der Waals surface area (Å²) in [6.07, 6.45) is -5.07. The number of nitrogens with zero attached hydrogens (tertiary/aromatic N) is 2. The minimum atomic E-state index is -5.07. The minimum absolute atomic E-state index is 0.302. The summed E-state index contributed by atoms with van der Waals surface area (Å²) in [5.41, 5.74) is -2.33. The fraction of sp³-hybridized carbons (Fsp3) is 0.250. The predicted octanol–water partition coefficient (Wildman–Crippen LogP) is 1.90. The van der Waals surface area contributed by atoms with Crippen molar-refractivity contribution in [3.05, 3.63) is 27.4 Å². The number of aromatic nitrogens is 1. The fourth-order valence-corrected chi connectivity index (χ4v) is 1.09. The van der Waals surface area contributed by atoms with E-state index in [-0.39, 0.29) is 5.56 Å². The number of pyridine rings is 1. The number of nitro groups is 1. The largest absolute Gasteiger partial charge is 0.574 e. The Labute approximate surface area is 97.0 Å². The van der Waals surface area contributed by atoms with Crippen LogP contribution >= 0.6 is 0 Å². The van der Waals surface area contributed by atoms with Crippen molar-refractivity contribution >= 4 is 11.7 Å². The molecule has 0 aromatic carbocycles. The molecule has 0 bridgehead atoms. The van der Waals surface area contributed by atoms with Gasteiger partial charge in [0.25, 0.3) is 0 Å². The van der Waals surface area contributed by atoms with Crippen LogP contribution in [0.1, 0.15) is 16.1 Å². The summed E-state index contributed by atoms with van der Waals surface area (Å²) in [6, 6.07) is 0.650. The van der Waals surface area contributed by atoms with Crippen molar-refractivity contribution in [2.75, 3.05) is 0 Å². The lowest BCUT2D eigenvalue weighted by Gasteiger charge is -2.10. The summed E-state index contributed by atoms with van der Waals surface area (Å²) in [5.74, 6) is -2.86. The Balaban J connectivity index is 3.36. The number of rotatable bonds is 3. The molecular weight excluding hydrogens is 261 g/mol. The second-order valence-corrected chi connectivity index (χ2v) is 3.09. The van der Waals surface area contributed by atoms with Gasteiger partial charge in [-0.2, -0.15) is 4.98 Å². The molecule has 18 heavy (non-hydrogen) atoms. The molecule has 0 fully saturated rings. The summed E-state index contributed by atoms with van der Waals surface area (Å²) in [7, 11) is 0. The maximum atomic E-state index is 12.0. The number of hydrogen-bond acceptors (Lipinski definition) is 5. The van der Waals surface area contributed by atoms with Crippen LogP contribution in [0.25, 0.3) is 0 Å². The minimum Gasteiger partial charge on any atom is -0.476 e. The highest BCUT2D eigenvalue weighted by atomic mass is 19.4. The van der Waals surface area contributed by atoms with Gasteiger partial charge in [0, 0.05) is 11.6 Å². The third kappa shape index (κ3) is 3.06. The fourth-order valence-electron chi connectivity index (χ4n) is 1.09. The molecule has 0 spiro atoms. The predicted molar refractivity (Wildman–Crippen MR) is 49.3 cm³/mol. The van der Waals surface area contributed by atoms with Gasteiger partial charge in [-0.3, -0.25) is 10.1 Å². The van der Waals surface area contributed by atoms with E-state index in [4.69, 9.17) is 5.11 Å². The van der Waals surface area contributed by atoms with Crippen LogP contribution in [-0.2, 0) is 0 Å². The molecule has 0 aliphatic heterocycles. The first-order chi connectivity index (χ1) is 8.11. The average molecular weight is 266 g/mol. The van der Waals surface area contributed by atoms with E-state index in [9.17, 15) is 28.1 Å². The Morgan fingerprint density at radius 2 is 2.11 bits per heavy atom. The summed E-state index contributed by atoms with van der Waals surface area (Å²) >= 11 is 0. The van der Waals surface area contributed by atoms with Gasteiger partial charge < -0.3 is 9.84 Å². The molecule has 7 nitrogen and oxygen atoms in total. The summed E-state index contributed by atoms with van der Waals surface area (Å²) in [5, 5.41) is 19.1. The SMILES string of the molecule is Cc1cc([N+](=O)[O-])c(C(=O)O)nc1OC(F)(F)F. The normalized spacial score (nSPS) is 11.1. The van der Waals surface area contributed by atoms with Gasteiger partial charge in [-0.15, -0.1) is 13.2 Å². The first kappa shape index (κ1) is 13.7. The number of aryl methyl sites for hydroxylation is 1. The van der Waals surface area contributed by atoms with Crippen molar-refractivity contribution in [1.29, 1.82) is 0 Å². The first-order valence-corrected chi connectivity index (χ1v) is 4.27. The number of ether oxygens (including phenoxy) is 1. The van der Waals surface area contributed by atoms with Gasteiger partial charge >= 0.3 is 18.0 Å². The highest BCUT2D eigenvalue weighted by molar-refractivity contribution is 5.90. The number of halogens is 3. The number of hydrogen-bond donors (Lipinski definition) is 1. The van der Waals surface area contributed by atoms with Gasteiger partial charge in [0.1, 0.15) is 0 Å². The summed E-state index contributed by atoms with van der Waals surface area (Å²) in [6.45, 7) is 1.08. The molecule has 0 saturated heterocycles. The standard InChI is InChI=1S/C8H5F3N2O5/c1-3-2-4(13(16)17)5(7(14)15)12-6(3)18-8(9,10)11/h2H,1H3,(H,14,15). The molecule has 0 aliphatic rings. The van der Waals surface area contributed by atoms with Crippen molar-refractivity contribution in [1.82, 2.24) is 4.98 Å². The lowest BCUT2D eigenvalue weighted by molar-refractivity contribution is -0.385. The van der Waals surface area contributed by atoms with Crippen LogP contribution < -0.4 is 4.74 Å². The third-order valence-electron chi connectivity index (χ3n) is 1.76. The molecular formula is C8H5F3N2O5. The van der Waals surface area contributed by atoms with Crippen LogP contribution in [0.4, 0.5) is 18.9 Å². The first-order valence-electron chi connectivity index (χ1n) is 4.27. The van der Waals surface area contributed by atoms with E-state index >= 15 is 0 Å². The average Bonchev–Trinajstić information content (AvgIpc) is 2.17. The molecule has 98 valence electrons. The van der Waals surface area contributed by atoms with E-state index in [0.29, 0.717) is 6.07 Å². The highest BCUT2D eigenvalue weighted by Crippen LogP contribution is 2.28. The zero-order chi connectivity index (χ0) is 14.1. The lowest BCUT2D eigenvalue weighted by atomic mass is 10.2. The maximum Gasteiger partial charge on any atom is 0.574 e. The molecule has 1 aromatic rings. The zero-order valence-electron chi connectivity index (χ0n) is 8.69. The van der Waals surface area contributed by atoms with E-state index in [0.717, 1.165) is 6.92 Å². The number of carboxylic acids is 1. The van der Waals surface area contributed by atoms with Gasteiger partial charge in [-0.1, -0.05) is 0 Å². The summed E-state index contributed by atoms with van der Waals surface area (Å²) in [4.78, 5) is 23.1. The molecule has 10 heteroatoms. The van der Waals surface area contributed by atoms with Crippen molar-refractivity contribution in [3.63, 3.8) is 0 Å². The molecule has 1 aromatic heterocycles. The number of alkyl halides is 3. The quantitative estimate of drug-likeness (QED) is 0.662. The van der Waals surface area contributed by atoms with Crippen LogP contribution in [-0.4, -0.2) is 27.3 Å². The van der Waals surface area contributed by atoms with Crippen LogP contribution in [0, 0.1) is 17.0 Å². The molecule has 1 N–H and O–H groups in total. The van der Waals surface area contributed by atoms with Crippen LogP contribution in [0.15, 0.2) is 6.07 Å². The van der Waals surface area contributed by atoms with Crippen LogP contribution in [0.2, 0.25) is 0 Å². The molecule has 1 heterocycles. The molecule has 0 saturated carbocycles. The third-order valence-corrected chi connectivity index (χ3v) is 1.76. The smallest absolute Gasteiger partial charge is 0.476 e. The number of carbonyl (C=O) groups is 1. The highest BCUT2D eigenvalue weighted by Gasteiger charge is 2.34. The van der Waals surface area contributed by atoms with Gasteiger partial charge in [0.2, 0.25) is 11.6 Å². The molecule has 0 unspecified atom stereocenters. The second-order valence-electron chi connectivity index (χ2n) is 3.09. The van der Waals surface area contributed by atoms with Gasteiger partial charge in [-0.25, -0.2) is 4.79 Å². The van der Waals surface area contributed by atoms with Crippen molar-refractivity contribution < 1.29 is 32.7 Å². The molecule has 1 rings (SSSR count). The van der Waals surface area contributed by atoms with Crippen LogP contribution in [0.5, 0.6) is 5.88 Å². The zero-order valence-corrected chi connectivity index (χ0v) is 8.69. The van der Waals surface area contributed by atoms with Crippen molar-refractivity contribution in [3.8, 4) is 5.88 Å². The maximum absolute atomic E-state index is 12.0. The Morgan fingerprint density at radius 3 is 2.50 bits per heavy atom. The second kappa shape index (κ2) is 4.47. The molecule has 0 atom stereocenters. The molecule has 0 aliphatic carbocycles. The van der Waals surface area contributed by atoms with Gasteiger partial charge in [0.05, 0.1) is 4.92 Å². The van der Waals surface area contributed by atoms with E-state index < -0.39 is 34.5 Å². The lowest BCUT2D eigenvalue weighted by Crippen LogP contribution is -2.20. The molecule has 0 radical (unpaired) electrons. The Hall–Kier alpha value is -2.39. The Morgan fingerprint density at radius 1 is 1.56 bits per heavy atom. The Kier molecular flexibility index (Phi) is 3.39. The van der Waals surface area contributed by atoms with Gasteiger partial charge in [-0.05, 0) is 6.92 Å². The number of carboxylic acid groups (broad SMARTS) is 1. The number of aromatic carboxylic acids is 1. The van der Waals surface area contributed by atoms with Crippen molar-refractivity contribution in [2.24, 2.45) is 0 Å². The summed E-state index contributed by atoms with van der Waals surface area (Å²) < 4.78 is 39.4. The van der Waals surface area contributed by atoms with Gasteiger partial charge in [0.15, 0.2) is 0 Å². The van der Waals surface area contributed by atoms with E-state index in [1.54, 1.807) is 0 Å². The van der Waals surface area contributed by atoms with E-state index in [2.05, 4.69) is 9.72 Å². The monoisotopic (exact) mass is 266 g/mol.